The summed E-state index contributed by atoms with van der Waals surface area (Å²) in [5, 5.41) is 8.71. The number of hydrogen-bond acceptors (Lipinski definition) is 0. The van der Waals surface area contributed by atoms with Crippen molar-refractivity contribution in [2.75, 3.05) is 0 Å². The SMILES string of the molecule is CC(C)C1Cc2ccc3ccc4ccc5ccc1c1c5c4c3c2-1. The molecular formula is C23H18. The van der Waals surface area contributed by atoms with Crippen LogP contribution in [0.2, 0.25) is 0 Å². The molecule has 0 fully saturated rings. The quantitative estimate of drug-likeness (QED) is 0.313. The monoisotopic (exact) mass is 294 g/mol. The van der Waals surface area contributed by atoms with Gasteiger partial charge in [0.15, 0.2) is 0 Å². The average molecular weight is 294 g/mol. The molecule has 0 aromatic heterocycles. The predicted octanol–water partition coefficient (Wildman–Crippen LogP) is 6.42. The minimum atomic E-state index is 0.643. The minimum Gasteiger partial charge on any atom is -0.0622 e. The van der Waals surface area contributed by atoms with Gasteiger partial charge in [-0.1, -0.05) is 62.4 Å². The van der Waals surface area contributed by atoms with Crippen molar-refractivity contribution in [1.82, 2.24) is 0 Å². The van der Waals surface area contributed by atoms with Gasteiger partial charge >= 0.3 is 0 Å². The lowest BCUT2D eigenvalue weighted by Crippen LogP contribution is -2.15. The van der Waals surface area contributed by atoms with Crippen LogP contribution in [0.5, 0.6) is 0 Å². The van der Waals surface area contributed by atoms with Crippen molar-refractivity contribution in [2.45, 2.75) is 26.2 Å². The molecule has 0 heteroatoms. The number of benzene rings is 4. The molecule has 0 bridgehead atoms. The second kappa shape index (κ2) is 3.76. The minimum absolute atomic E-state index is 0.643. The van der Waals surface area contributed by atoms with E-state index >= 15 is 0 Å². The Morgan fingerprint density at radius 3 is 1.96 bits per heavy atom. The van der Waals surface area contributed by atoms with Gasteiger partial charge in [-0.3, -0.25) is 0 Å². The fourth-order valence-corrected chi connectivity index (χ4v) is 5.08. The highest BCUT2D eigenvalue weighted by atomic mass is 14.4. The van der Waals surface area contributed by atoms with Crippen LogP contribution in [0.4, 0.5) is 0 Å². The van der Waals surface area contributed by atoms with E-state index in [1.165, 1.54) is 38.7 Å². The molecule has 6 rings (SSSR count). The van der Waals surface area contributed by atoms with Crippen LogP contribution in [0.3, 0.4) is 0 Å². The summed E-state index contributed by atoms with van der Waals surface area (Å²) >= 11 is 0. The molecule has 0 N–H and O–H groups in total. The summed E-state index contributed by atoms with van der Waals surface area (Å²) < 4.78 is 0. The van der Waals surface area contributed by atoms with E-state index < -0.39 is 0 Å². The molecule has 110 valence electrons. The number of rotatable bonds is 1. The molecule has 0 nitrogen and oxygen atoms in total. The normalized spacial score (nSPS) is 17.8. The second-order valence-corrected chi connectivity index (χ2v) is 7.61. The van der Waals surface area contributed by atoms with Crippen molar-refractivity contribution < 1.29 is 0 Å². The van der Waals surface area contributed by atoms with Gasteiger partial charge in [-0.15, -0.1) is 0 Å². The molecule has 0 radical (unpaired) electrons. The first-order chi connectivity index (χ1) is 11.2. The standard InChI is InChI=1S/C23H18/c1-12(2)18-11-16-8-7-14-4-3-13-5-6-15-9-10-17(18)23-21(15)19(13)20(14)22(16)23/h3-10,12,18H,11H2,1-2H3. The highest BCUT2D eigenvalue weighted by Gasteiger charge is 2.33. The van der Waals surface area contributed by atoms with E-state index in [0.29, 0.717) is 11.8 Å². The zero-order valence-corrected chi connectivity index (χ0v) is 13.5. The van der Waals surface area contributed by atoms with Gasteiger partial charge < -0.3 is 0 Å². The zero-order chi connectivity index (χ0) is 15.3. The van der Waals surface area contributed by atoms with E-state index in [1.54, 1.807) is 22.3 Å². The summed E-state index contributed by atoms with van der Waals surface area (Å²) in [7, 11) is 0. The van der Waals surface area contributed by atoms with E-state index in [9.17, 15) is 0 Å². The summed E-state index contributed by atoms with van der Waals surface area (Å²) in [6.07, 6.45) is 1.19. The fraction of sp³-hybridized carbons (Fsp3) is 0.217. The average Bonchev–Trinajstić information content (AvgIpc) is 2.94. The fourth-order valence-electron chi connectivity index (χ4n) is 5.08. The first-order valence-electron chi connectivity index (χ1n) is 8.68. The van der Waals surface area contributed by atoms with Crippen LogP contribution >= 0.6 is 0 Å². The summed E-state index contributed by atoms with van der Waals surface area (Å²) in [5.74, 6) is 1.32. The Morgan fingerprint density at radius 2 is 1.26 bits per heavy atom. The molecule has 4 aromatic rings. The largest absolute Gasteiger partial charge is 0.0622 e. The van der Waals surface area contributed by atoms with E-state index in [-0.39, 0.29) is 0 Å². The number of hydrogen-bond donors (Lipinski definition) is 0. The third-order valence-electron chi connectivity index (χ3n) is 6.16. The van der Waals surface area contributed by atoms with Crippen molar-refractivity contribution in [3.05, 3.63) is 59.7 Å². The maximum atomic E-state index is 2.40. The maximum Gasteiger partial charge on any atom is -0.00141 e. The summed E-state index contributed by atoms with van der Waals surface area (Å²) in [5.41, 5.74) is 6.24. The van der Waals surface area contributed by atoms with Crippen LogP contribution in [-0.4, -0.2) is 0 Å². The molecule has 0 amide bonds. The Bertz CT molecular complexity index is 1160. The van der Waals surface area contributed by atoms with E-state index in [2.05, 4.69) is 62.4 Å². The van der Waals surface area contributed by atoms with Crippen LogP contribution in [0.15, 0.2) is 48.5 Å². The maximum absolute atomic E-state index is 2.40. The second-order valence-electron chi connectivity index (χ2n) is 7.61. The first kappa shape index (κ1) is 12.1. The molecule has 0 heterocycles. The molecule has 0 saturated carbocycles. The van der Waals surface area contributed by atoms with Crippen molar-refractivity contribution in [1.29, 1.82) is 0 Å². The van der Waals surface area contributed by atoms with Gasteiger partial charge in [0.25, 0.3) is 0 Å². The molecule has 4 aromatic carbocycles. The molecule has 1 unspecified atom stereocenters. The van der Waals surface area contributed by atoms with Crippen LogP contribution in [0, 0.1) is 5.92 Å². The third-order valence-corrected chi connectivity index (χ3v) is 6.16. The lowest BCUT2D eigenvalue weighted by Gasteiger charge is -2.30. The van der Waals surface area contributed by atoms with Crippen LogP contribution in [0.1, 0.15) is 30.9 Å². The van der Waals surface area contributed by atoms with E-state index in [1.807, 2.05) is 0 Å². The summed E-state index contributed by atoms with van der Waals surface area (Å²) in [6, 6.07) is 18.6. The van der Waals surface area contributed by atoms with Crippen molar-refractivity contribution in [3.8, 4) is 11.1 Å². The summed E-state index contributed by atoms with van der Waals surface area (Å²) in [6.45, 7) is 4.74. The van der Waals surface area contributed by atoms with Crippen LogP contribution < -0.4 is 0 Å². The molecule has 0 spiro atoms. The van der Waals surface area contributed by atoms with E-state index in [4.69, 9.17) is 0 Å². The summed E-state index contributed by atoms with van der Waals surface area (Å²) in [4.78, 5) is 0. The zero-order valence-electron chi connectivity index (χ0n) is 13.5. The molecule has 23 heavy (non-hydrogen) atoms. The predicted molar refractivity (Wildman–Crippen MR) is 99.2 cm³/mol. The molecule has 2 aliphatic rings. The lowest BCUT2D eigenvalue weighted by atomic mass is 9.74. The first-order valence-corrected chi connectivity index (χ1v) is 8.68. The lowest BCUT2D eigenvalue weighted by molar-refractivity contribution is 0.493. The van der Waals surface area contributed by atoms with Gasteiger partial charge in [-0.05, 0) is 72.8 Å². The van der Waals surface area contributed by atoms with Gasteiger partial charge in [0.05, 0.1) is 0 Å². The van der Waals surface area contributed by atoms with Crippen molar-refractivity contribution in [2.24, 2.45) is 5.92 Å². The molecule has 0 saturated heterocycles. The van der Waals surface area contributed by atoms with Gasteiger partial charge in [0.1, 0.15) is 0 Å². The van der Waals surface area contributed by atoms with Gasteiger partial charge in [0, 0.05) is 0 Å². The van der Waals surface area contributed by atoms with E-state index in [0.717, 1.165) is 0 Å². The highest BCUT2D eigenvalue weighted by molar-refractivity contribution is 6.34. The molecule has 1 atom stereocenters. The smallest absolute Gasteiger partial charge is 0.00141 e. The van der Waals surface area contributed by atoms with Gasteiger partial charge in [-0.25, -0.2) is 0 Å². The van der Waals surface area contributed by atoms with Crippen LogP contribution in [0.25, 0.3) is 43.4 Å². The molecular weight excluding hydrogens is 276 g/mol. The Morgan fingerprint density at radius 1 is 0.696 bits per heavy atom. The third kappa shape index (κ3) is 1.26. The molecule has 0 aliphatic heterocycles. The molecule has 2 aliphatic carbocycles. The van der Waals surface area contributed by atoms with Gasteiger partial charge in [-0.2, -0.15) is 0 Å². The van der Waals surface area contributed by atoms with Crippen molar-refractivity contribution >= 4 is 32.3 Å². The van der Waals surface area contributed by atoms with Crippen molar-refractivity contribution in [3.63, 3.8) is 0 Å². The Labute approximate surface area is 135 Å². The topological polar surface area (TPSA) is 0 Å². The van der Waals surface area contributed by atoms with Crippen LogP contribution in [-0.2, 0) is 6.42 Å². The Kier molecular flexibility index (Phi) is 1.98. The Hall–Kier alpha value is -2.34. The van der Waals surface area contributed by atoms with Gasteiger partial charge in [0.2, 0.25) is 0 Å². The highest BCUT2D eigenvalue weighted by Crippen LogP contribution is 2.55. The Balaban J connectivity index is 1.97.